The maximum Gasteiger partial charge on any atom is 0.251 e. The van der Waals surface area contributed by atoms with E-state index in [1.807, 2.05) is 30.0 Å². The highest BCUT2D eigenvalue weighted by molar-refractivity contribution is 5.94. The summed E-state index contributed by atoms with van der Waals surface area (Å²) >= 11 is 0. The van der Waals surface area contributed by atoms with E-state index in [-0.39, 0.29) is 17.9 Å². The Labute approximate surface area is 173 Å². The van der Waals surface area contributed by atoms with Gasteiger partial charge in [0.1, 0.15) is 0 Å². The fourth-order valence-electron chi connectivity index (χ4n) is 3.75. The normalized spacial score (nSPS) is 16.1. The maximum absolute atomic E-state index is 12.8. The highest BCUT2D eigenvalue weighted by Gasteiger charge is 2.21. The van der Waals surface area contributed by atoms with Crippen LogP contribution < -0.4 is 5.32 Å². The van der Waals surface area contributed by atoms with Gasteiger partial charge in [0.25, 0.3) is 5.91 Å². The van der Waals surface area contributed by atoms with Crippen LogP contribution in [0, 0.1) is 6.92 Å². The molecule has 154 valence electrons. The molecule has 5 heteroatoms. The summed E-state index contributed by atoms with van der Waals surface area (Å²) in [5.41, 5.74) is 3.28. The second-order valence-corrected chi connectivity index (χ2v) is 7.88. The first kappa shape index (κ1) is 21.1. The third kappa shape index (κ3) is 6.16. The third-order valence-corrected chi connectivity index (χ3v) is 5.49. The third-order valence-electron chi connectivity index (χ3n) is 5.49. The number of rotatable bonds is 6. The highest BCUT2D eigenvalue weighted by atomic mass is 16.2. The van der Waals surface area contributed by atoms with Crippen molar-refractivity contribution in [3.63, 3.8) is 0 Å². The van der Waals surface area contributed by atoms with Crippen molar-refractivity contribution in [1.29, 1.82) is 0 Å². The van der Waals surface area contributed by atoms with E-state index in [1.165, 1.54) is 11.1 Å². The molecule has 1 heterocycles. The number of amides is 2. The van der Waals surface area contributed by atoms with E-state index in [2.05, 4.69) is 41.4 Å². The van der Waals surface area contributed by atoms with Crippen molar-refractivity contribution in [3.05, 3.63) is 71.3 Å². The minimum Gasteiger partial charge on any atom is -0.349 e. The van der Waals surface area contributed by atoms with Crippen LogP contribution >= 0.6 is 0 Å². The zero-order valence-electron chi connectivity index (χ0n) is 17.4. The fraction of sp³-hybridized carbons (Fsp3) is 0.417. The summed E-state index contributed by atoms with van der Waals surface area (Å²) in [6, 6.07) is 17.4. The van der Waals surface area contributed by atoms with Gasteiger partial charge in [0.2, 0.25) is 5.91 Å². The van der Waals surface area contributed by atoms with E-state index in [0.29, 0.717) is 12.0 Å². The van der Waals surface area contributed by atoms with Crippen LogP contribution in [0.2, 0.25) is 0 Å². The topological polar surface area (TPSA) is 52.6 Å². The van der Waals surface area contributed by atoms with Crippen LogP contribution in [-0.2, 0) is 11.3 Å². The van der Waals surface area contributed by atoms with Gasteiger partial charge in [-0.15, -0.1) is 0 Å². The lowest BCUT2D eigenvalue weighted by molar-refractivity contribution is -0.131. The average Bonchev–Trinajstić information content (AvgIpc) is 2.96. The predicted octanol–water partition coefficient (Wildman–Crippen LogP) is 3.24. The first-order chi connectivity index (χ1) is 14.0. The summed E-state index contributed by atoms with van der Waals surface area (Å²) in [6.45, 7) is 8.36. The molecule has 2 aromatic rings. The Morgan fingerprint density at radius 2 is 1.69 bits per heavy atom. The first-order valence-electron chi connectivity index (χ1n) is 10.4. The number of benzene rings is 2. The Bertz CT molecular complexity index is 822. The number of nitrogens with zero attached hydrogens (tertiary/aromatic N) is 2. The van der Waals surface area contributed by atoms with Crippen molar-refractivity contribution in [2.24, 2.45) is 0 Å². The molecule has 0 saturated carbocycles. The van der Waals surface area contributed by atoms with Gasteiger partial charge in [-0.05, 0) is 43.5 Å². The summed E-state index contributed by atoms with van der Waals surface area (Å²) in [5.74, 6) is -0.0187. The lowest BCUT2D eigenvalue weighted by Crippen LogP contribution is -2.40. The monoisotopic (exact) mass is 393 g/mol. The summed E-state index contributed by atoms with van der Waals surface area (Å²) in [7, 11) is 0. The molecular formula is C24H31N3O2. The van der Waals surface area contributed by atoms with Crippen LogP contribution in [0.25, 0.3) is 0 Å². The molecule has 1 unspecified atom stereocenters. The zero-order valence-corrected chi connectivity index (χ0v) is 17.4. The minimum absolute atomic E-state index is 0.114. The molecule has 2 amide bonds. The fourth-order valence-corrected chi connectivity index (χ4v) is 3.75. The van der Waals surface area contributed by atoms with Crippen LogP contribution in [0.1, 0.15) is 41.3 Å². The molecule has 3 rings (SSSR count). The van der Waals surface area contributed by atoms with Gasteiger partial charge in [-0.25, -0.2) is 0 Å². The number of nitrogens with one attached hydrogen (secondary N) is 1. The Morgan fingerprint density at radius 3 is 2.45 bits per heavy atom. The molecule has 1 N–H and O–H groups in total. The molecule has 1 aliphatic heterocycles. The molecule has 29 heavy (non-hydrogen) atoms. The zero-order chi connectivity index (χ0) is 20.6. The van der Waals surface area contributed by atoms with Crippen molar-refractivity contribution >= 4 is 11.8 Å². The molecular weight excluding hydrogens is 362 g/mol. The molecule has 0 aromatic heterocycles. The van der Waals surface area contributed by atoms with Gasteiger partial charge in [-0.2, -0.15) is 0 Å². The Balaban J connectivity index is 1.47. The van der Waals surface area contributed by atoms with Gasteiger partial charge >= 0.3 is 0 Å². The lowest BCUT2D eigenvalue weighted by atomic mass is 10.1. The molecule has 5 nitrogen and oxygen atoms in total. The van der Waals surface area contributed by atoms with Crippen LogP contribution in [0.15, 0.2) is 54.6 Å². The molecule has 2 aromatic carbocycles. The summed E-state index contributed by atoms with van der Waals surface area (Å²) in [6.07, 6.45) is 1.30. The second kappa shape index (κ2) is 10.2. The van der Waals surface area contributed by atoms with E-state index in [4.69, 9.17) is 0 Å². The van der Waals surface area contributed by atoms with E-state index in [9.17, 15) is 9.59 Å². The summed E-state index contributed by atoms with van der Waals surface area (Å²) in [4.78, 5) is 29.4. The van der Waals surface area contributed by atoms with Crippen molar-refractivity contribution in [2.75, 3.05) is 26.2 Å². The predicted molar refractivity (Wildman–Crippen MR) is 116 cm³/mol. The molecule has 1 atom stereocenters. The smallest absolute Gasteiger partial charge is 0.251 e. The van der Waals surface area contributed by atoms with Crippen molar-refractivity contribution < 1.29 is 9.59 Å². The molecule has 1 fully saturated rings. The molecule has 0 spiro atoms. The summed E-state index contributed by atoms with van der Waals surface area (Å²) in [5, 5.41) is 2.93. The number of carbonyl (C=O) groups is 2. The van der Waals surface area contributed by atoms with E-state index >= 15 is 0 Å². The summed E-state index contributed by atoms with van der Waals surface area (Å²) < 4.78 is 0. The molecule has 0 radical (unpaired) electrons. The number of aryl methyl sites for hydroxylation is 1. The molecule has 0 aliphatic carbocycles. The number of carbonyl (C=O) groups excluding carboxylic acids is 2. The van der Waals surface area contributed by atoms with Crippen LogP contribution in [0.4, 0.5) is 0 Å². The van der Waals surface area contributed by atoms with E-state index in [1.54, 1.807) is 12.1 Å². The van der Waals surface area contributed by atoms with Gasteiger partial charge in [-0.1, -0.05) is 42.5 Å². The Kier molecular flexibility index (Phi) is 7.42. The van der Waals surface area contributed by atoms with E-state index in [0.717, 1.165) is 39.1 Å². The van der Waals surface area contributed by atoms with Gasteiger partial charge in [0.15, 0.2) is 0 Å². The first-order valence-corrected chi connectivity index (χ1v) is 10.4. The van der Waals surface area contributed by atoms with Crippen molar-refractivity contribution in [3.8, 4) is 0 Å². The molecule has 0 bridgehead atoms. The number of hydrogen-bond acceptors (Lipinski definition) is 3. The van der Waals surface area contributed by atoms with Crippen molar-refractivity contribution in [2.45, 2.75) is 39.3 Å². The SMILES string of the molecule is Cc1ccccc1CN1CCCN(C(=O)CC(C)NC(=O)c2ccccc2)CC1. The van der Waals surface area contributed by atoms with Crippen molar-refractivity contribution in [1.82, 2.24) is 15.1 Å². The largest absolute Gasteiger partial charge is 0.349 e. The highest BCUT2D eigenvalue weighted by Crippen LogP contribution is 2.13. The molecule has 1 aliphatic rings. The standard InChI is InChI=1S/C24H31N3O2/c1-19-9-6-7-12-22(19)18-26-13-8-14-27(16-15-26)23(28)17-20(2)25-24(29)21-10-4-3-5-11-21/h3-7,9-12,20H,8,13-18H2,1-2H3,(H,25,29). The lowest BCUT2D eigenvalue weighted by Gasteiger charge is -2.24. The van der Waals surface area contributed by atoms with Crippen LogP contribution in [-0.4, -0.2) is 53.8 Å². The quantitative estimate of drug-likeness (QED) is 0.820. The van der Waals surface area contributed by atoms with Gasteiger partial charge in [0.05, 0.1) is 0 Å². The Morgan fingerprint density at radius 1 is 0.966 bits per heavy atom. The maximum atomic E-state index is 12.8. The van der Waals surface area contributed by atoms with Crippen LogP contribution in [0.3, 0.4) is 0 Å². The second-order valence-electron chi connectivity index (χ2n) is 7.88. The van der Waals surface area contributed by atoms with Gasteiger partial charge < -0.3 is 10.2 Å². The molecule has 1 saturated heterocycles. The van der Waals surface area contributed by atoms with Crippen LogP contribution in [0.5, 0.6) is 0 Å². The van der Waals surface area contributed by atoms with Gasteiger partial charge in [0, 0.05) is 50.7 Å². The van der Waals surface area contributed by atoms with E-state index < -0.39 is 0 Å². The van der Waals surface area contributed by atoms with Gasteiger partial charge in [-0.3, -0.25) is 14.5 Å². The number of hydrogen-bond donors (Lipinski definition) is 1. The Hall–Kier alpha value is -2.66. The average molecular weight is 394 g/mol. The minimum atomic E-state index is -0.193.